The molecule has 0 unspecified atom stereocenters. The molecule has 106 valence electrons. The van der Waals surface area contributed by atoms with E-state index in [-0.39, 0.29) is 23.5 Å². The smallest absolute Gasteiger partial charge is 0.339 e. The molecule has 0 atom stereocenters. The minimum Gasteiger partial charge on any atom is -0.487 e. The molecule has 0 fully saturated rings. The molecular formula is C15H9BrFNO3. The maximum Gasteiger partial charge on any atom is 0.339 e. The zero-order valence-electron chi connectivity index (χ0n) is 10.6. The third-order valence-electron chi connectivity index (χ3n) is 2.74. The third-order valence-corrected chi connectivity index (χ3v) is 3.37. The quantitative estimate of drug-likeness (QED) is 0.912. The van der Waals surface area contributed by atoms with Gasteiger partial charge >= 0.3 is 5.97 Å². The van der Waals surface area contributed by atoms with Crippen LogP contribution < -0.4 is 4.74 Å². The first-order valence-electron chi connectivity index (χ1n) is 5.86. The zero-order valence-corrected chi connectivity index (χ0v) is 12.2. The molecule has 0 saturated heterocycles. The first-order valence-corrected chi connectivity index (χ1v) is 6.65. The molecule has 4 nitrogen and oxygen atoms in total. The Morgan fingerprint density at radius 1 is 1.38 bits per heavy atom. The highest BCUT2D eigenvalue weighted by Gasteiger charge is 2.15. The molecule has 0 bridgehead atoms. The molecule has 2 rings (SSSR count). The SMILES string of the molecule is N#Cc1ccc(F)c(COc2c(Br)cccc2C(=O)O)c1. The minimum atomic E-state index is -1.14. The van der Waals surface area contributed by atoms with Gasteiger partial charge in [-0.2, -0.15) is 5.26 Å². The third kappa shape index (κ3) is 3.38. The van der Waals surface area contributed by atoms with E-state index in [0.717, 1.165) is 0 Å². The molecule has 0 saturated carbocycles. The van der Waals surface area contributed by atoms with Crippen LogP contribution in [-0.2, 0) is 6.61 Å². The van der Waals surface area contributed by atoms with Crippen molar-refractivity contribution >= 4 is 21.9 Å². The molecule has 2 aromatic rings. The standard InChI is InChI=1S/C15H9BrFNO3/c16-12-3-1-2-11(15(19)20)14(12)21-8-10-6-9(7-18)4-5-13(10)17/h1-6H,8H2,(H,19,20). The summed E-state index contributed by atoms with van der Waals surface area (Å²) >= 11 is 3.20. The number of hydrogen-bond donors (Lipinski definition) is 1. The first kappa shape index (κ1) is 15.0. The summed E-state index contributed by atoms with van der Waals surface area (Å²) in [4.78, 5) is 11.1. The fourth-order valence-electron chi connectivity index (χ4n) is 1.73. The molecule has 6 heteroatoms. The van der Waals surface area contributed by atoms with Crippen LogP contribution in [0.5, 0.6) is 5.75 Å². The van der Waals surface area contributed by atoms with Crippen molar-refractivity contribution in [3.63, 3.8) is 0 Å². The molecule has 1 N–H and O–H groups in total. The lowest BCUT2D eigenvalue weighted by Gasteiger charge is -2.11. The van der Waals surface area contributed by atoms with Crippen LogP contribution in [0.1, 0.15) is 21.5 Å². The van der Waals surface area contributed by atoms with E-state index in [9.17, 15) is 9.18 Å². The Kier molecular flexibility index (Phi) is 4.55. The van der Waals surface area contributed by atoms with E-state index in [1.807, 2.05) is 6.07 Å². The molecule has 2 aromatic carbocycles. The van der Waals surface area contributed by atoms with Gasteiger partial charge in [-0.3, -0.25) is 0 Å². The highest BCUT2D eigenvalue weighted by molar-refractivity contribution is 9.10. The van der Waals surface area contributed by atoms with Crippen LogP contribution in [0.15, 0.2) is 40.9 Å². The van der Waals surface area contributed by atoms with Crippen LogP contribution in [-0.4, -0.2) is 11.1 Å². The fourth-order valence-corrected chi connectivity index (χ4v) is 2.21. The monoisotopic (exact) mass is 349 g/mol. The van der Waals surface area contributed by atoms with E-state index in [0.29, 0.717) is 10.0 Å². The number of rotatable bonds is 4. The highest BCUT2D eigenvalue weighted by atomic mass is 79.9. The van der Waals surface area contributed by atoms with Gasteiger partial charge in [-0.15, -0.1) is 0 Å². The number of hydrogen-bond acceptors (Lipinski definition) is 3. The van der Waals surface area contributed by atoms with Gasteiger partial charge in [-0.05, 0) is 46.3 Å². The second-order valence-electron chi connectivity index (χ2n) is 4.13. The van der Waals surface area contributed by atoms with Crippen molar-refractivity contribution in [2.24, 2.45) is 0 Å². The molecule has 0 radical (unpaired) electrons. The van der Waals surface area contributed by atoms with Crippen LogP contribution in [0, 0.1) is 17.1 Å². The number of para-hydroxylation sites is 1. The first-order chi connectivity index (χ1) is 10.0. The number of aromatic carboxylic acids is 1. The molecule has 0 spiro atoms. The number of carboxylic acids is 1. The summed E-state index contributed by atoms with van der Waals surface area (Å²) in [7, 11) is 0. The number of nitriles is 1. The number of carboxylic acid groups (broad SMARTS) is 1. The lowest BCUT2D eigenvalue weighted by atomic mass is 10.1. The van der Waals surface area contributed by atoms with Crippen LogP contribution in [0.3, 0.4) is 0 Å². The van der Waals surface area contributed by atoms with Gasteiger partial charge in [0.2, 0.25) is 0 Å². The van der Waals surface area contributed by atoms with Gasteiger partial charge in [0.15, 0.2) is 0 Å². The number of benzene rings is 2. The summed E-state index contributed by atoms with van der Waals surface area (Å²) in [6.45, 7) is -0.176. The molecule has 21 heavy (non-hydrogen) atoms. The van der Waals surface area contributed by atoms with E-state index in [1.54, 1.807) is 12.1 Å². The number of carbonyl (C=O) groups is 1. The molecule has 0 aromatic heterocycles. The van der Waals surface area contributed by atoms with E-state index < -0.39 is 11.8 Å². The van der Waals surface area contributed by atoms with E-state index in [1.165, 1.54) is 24.3 Å². The van der Waals surface area contributed by atoms with Crippen molar-refractivity contribution < 1.29 is 19.0 Å². The Balaban J connectivity index is 2.29. The zero-order chi connectivity index (χ0) is 15.4. The summed E-state index contributed by atoms with van der Waals surface area (Å²) in [5, 5.41) is 17.9. The van der Waals surface area contributed by atoms with Gasteiger partial charge in [0.1, 0.15) is 23.7 Å². The largest absolute Gasteiger partial charge is 0.487 e. The van der Waals surface area contributed by atoms with E-state index in [2.05, 4.69) is 15.9 Å². The Hall–Kier alpha value is -2.39. The summed E-state index contributed by atoms with van der Waals surface area (Å²) in [6, 6.07) is 10.4. The van der Waals surface area contributed by atoms with Crippen molar-refractivity contribution in [3.8, 4) is 11.8 Å². The fraction of sp³-hybridized carbons (Fsp3) is 0.0667. The molecule has 0 aliphatic rings. The van der Waals surface area contributed by atoms with Gasteiger partial charge in [0.25, 0.3) is 0 Å². The maximum absolute atomic E-state index is 13.7. The van der Waals surface area contributed by atoms with Gasteiger partial charge in [0.05, 0.1) is 16.1 Å². The molecule has 0 heterocycles. The number of halogens is 2. The Morgan fingerprint density at radius 3 is 2.81 bits per heavy atom. The van der Waals surface area contributed by atoms with Crippen LogP contribution in [0.2, 0.25) is 0 Å². The molecule has 0 aliphatic carbocycles. The summed E-state index contributed by atoms with van der Waals surface area (Å²) in [5.74, 6) is -1.54. The Morgan fingerprint density at radius 2 is 2.14 bits per heavy atom. The average molecular weight is 350 g/mol. The number of ether oxygens (including phenoxy) is 1. The molecule has 0 aliphatic heterocycles. The topological polar surface area (TPSA) is 70.3 Å². The van der Waals surface area contributed by atoms with Crippen LogP contribution >= 0.6 is 15.9 Å². The van der Waals surface area contributed by atoms with Gasteiger partial charge in [0, 0.05) is 5.56 Å². The van der Waals surface area contributed by atoms with Crippen LogP contribution in [0.25, 0.3) is 0 Å². The van der Waals surface area contributed by atoms with Crippen LogP contribution in [0.4, 0.5) is 4.39 Å². The second-order valence-corrected chi connectivity index (χ2v) is 4.98. The maximum atomic E-state index is 13.7. The van der Waals surface area contributed by atoms with Gasteiger partial charge < -0.3 is 9.84 Å². The normalized spacial score (nSPS) is 9.95. The van der Waals surface area contributed by atoms with Gasteiger partial charge in [-0.25, -0.2) is 9.18 Å². The van der Waals surface area contributed by atoms with Crippen molar-refractivity contribution in [1.82, 2.24) is 0 Å². The van der Waals surface area contributed by atoms with Crippen molar-refractivity contribution in [3.05, 3.63) is 63.4 Å². The van der Waals surface area contributed by atoms with Crippen molar-refractivity contribution in [2.45, 2.75) is 6.61 Å². The van der Waals surface area contributed by atoms with Crippen molar-refractivity contribution in [1.29, 1.82) is 5.26 Å². The lowest BCUT2D eigenvalue weighted by molar-refractivity contribution is 0.0691. The molecule has 0 amide bonds. The Bertz CT molecular complexity index is 740. The summed E-state index contributed by atoms with van der Waals surface area (Å²) in [6.07, 6.45) is 0. The number of nitrogens with zero attached hydrogens (tertiary/aromatic N) is 1. The van der Waals surface area contributed by atoms with Crippen molar-refractivity contribution in [2.75, 3.05) is 0 Å². The predicted octanol–water partition coefficient (Wildman–Crippen LogP) is 3.74. The lowest BCUT2D eigenvalue weighted by Crippen LogP contribution is -2.05. The average Bonchev–Trinajstić information content (AvgIpc) is 2.47. The van der Waals surface area contributed by atoms with E-state index >= 15 is 0 Å². The summed E-state index contributed by atoms with van der Waals surface area (Å²) < 4.78 is 19.5. The summed E-state index contributed by atoms with van der Waals surface area (Å²) in [5.41, 5.74) is 0.461. The Labute approximate surface area is 128 Å². The molecular weight excluding hydrogens is 341 g/mol. The predicted molar refractivity (Wildman–Crippen MR) is 76.5 cm³/mol. The second kappa shape index (κ2) is 6.37. The van der Waals surface area contributed by atoms with E-state index in [4.69, 9.17) is 15.1 Å². The highest BCUT2D eigenvalue weighted by Crippen LogP contribution is 2.30. The van der Waals surface area contributed by atoms with Gasteiger partial charge in [-0.1, -0.05) is 6.07 Å². The minimum absolute atomic E-state index is 0.0266.